The number of esters is 1. The molecule has 7 nitrogen and oxygen atoms in total. The van der Waals surface area contributed by atoms with Crippen molar-refractivity contribution >= 4 is 33.9 Å². The Morgan fingerprint density at radius 2 is 1.33 bits per heavy atom. The van der Waals surface area contributed by atoms with Crippen molar-refractivity contribution in [2.45, 2.75) is 6.92 Å². The smallest absolute Gasteiger partial charge is 0.337 e. The van der Waals surface area contributed by atoms with Gasteiger partial charge in [0, 0.05) is 10.9 Å². The number of rotatable bonds is 6. The van der Waals surface area contributed by atoms with E-state index in [-0.39, 0.29) is 5.97 Å². The fourth-order valence-corrected chi connectivity index (χ4v) is 5.91. The van der Waals surface area contributed by atoms with E-state index in [9.17, 15) is 4.79 Å². The van der Waals surface area contributed by atoms with Crippen LogP contribution in [0.25, 0.3) is 33.3 Å². The van der Waals surface area contributed by atoms with Crippen LogP contribution in [0.5, 0.6) is 23.0 Å². The van der Waals surface area contributed by atoms with Crippen LogP contribution in [0.15, 0.2) is 109 Å². The number of fused-ring (bicyclic) bond motifs is 3. The lowest BCUT2D eigenvalue weighted by atomic mass is 9.94. The monoisotopic (exact) mass is 594 g/mol. The quantitative estimate of drug-likeness (QED) is 0.178. The van der Waals surface area contributed by atoms with E-state index in [4.69, 9.17) is 23.9 Å². The minimum absolute atomic E-state index is 0.387. The number of pyridine rings is 1. The lowest BCUT2D eigenvalue weighted by Crippen LogP contribution is -2.16. The number of ether oxygens (including phenoxy) is 4. The highest BCUT2D eigenvalue weighted by Crippen LogP contribution is 2.52. The number of carbonyl (C=O) groups is 1. The molecular weight excluding hydrogens is 564 g/mol. The van der Waals surface area contributed by atoms with Crippen molar-refractivity contribution in [3.8, 4) is 45.4 Å². The zero-order valence-corrected chi connectivity index (χ0v) is 25.3. The maximum Gasteiger partial charge on any atom is 0.337 e. The molecule has 1 aromatic heterocycles. The minimum atomic E-state index is -0.387. The highest BCUT2D eigenvalue weighted by atomic mass is 16.5. The highest BCUT2D eigenvalue weighted by Gasteiger charge is 2.28. The highest BCUT2D eigenvalue weighted by molar-refractivity contribution is 6.07. The number of carbonyl (C=O) groups excluding carboxylic acids is 1. The molecule has 0 spiro atoms. The molecule has 6 aromatic rings. The molecule has 0 saturated carbocycles. The molecule has 0 saturated heterocycles. The SMILES string of the molecule is COC(=O)c1ccc(-c2cc(-c3ccc(OC)c(OC)c3)c3c(C)ccc(N4c5ccccc5Oc5ccccc54)c3n2)cc1. The Balaban J connectivity index is 1.54. The van der Waals surface area contributed by atoms with Crippen LogP contribution in [0, 0.1) is 6.92 Å². The van der Waals surface area contributed by atoms with Crippen molar-refractivity contribution in [3.05, 3.63) is 120 Å². The van der Waals surface area contributed by atoms with Crippen LogP contribution >= 0.6 is 0 Å². The van der Waals surface area contributed by atoms with Gasteiger partial charge in [-0.05, 0) is 84.3 Å². The Kier molecular flexibility index (Phi) is 7.06. The molecule has 0 radical (unpaired) electrons. The third-order valence-electron chi connectivity index (χ3n) is 8.12. The molecule has 7 rings (SSSR count). The Bertz CT molecular complexity index is 2040. The summed E-state index contributed by atoms with van der Waals surface area (Å²) in [6.45, 7) is 2.10. The molecule has 0 atom stereocenters. The standard InChI is InChI=1S/C38H30N2O5/c1-23-13-19-31(40-29-9-5-7-11-32(29)45-33-12-8-6-10-30(33)40)37-36(23)27(26-18-20-34(42-2)35(21-26)43-3)22-28(39-37)24-14-16-25(17-15-24)38(41)44-4/h5-22H,1-4H3. The largest absolute Gasteiger partial charge is 0.493 e. The van der Waals surface area contributed by atoms with Crippen molar-refractivity contribution in [2.24, 2.45) is 0 Å². The zero-order chi connectivity index (χ0) is 31.1. The van der Waals surface area contributed by atoms with E-state index >= 15 is 0 Å². The van der Waals surface area contributed by atoms with Crippen molar-refractivity contribution in [2.75, 3.05) is 26.2 Å². The average molecular weight is 595 g/mol. The summed E-state index contributed by atoms with van der Waals surface area (Å²) in [5.74, 6) is 2.42. The Labute approximate surface area is 261 Å². The number of benzene rings is 5. The molecule has 0 aliphatic carbocycles. The van der Waals surface area contributed by atoms with Gasteiger partial charge < -0.3 is 23.8 Å². The van der Waals surface area contributed by atoms with Crippen LogP contribution in [-0.2, 0) is 4.74 Å². The Hall–Kier alpha value is -5.82. The summed E-state index contributed by atoms with van der Waals surface area (Å²) in [6, 6.07) is 35.6. The summed E-state index contributed by atoms with van der Waals surface area (Å²) >= 11 is 0. The predicted octanol–water partition coefficient (Wildman–Crippen LogP) is 9.26. The molecule has 0 amide bonds. The van der Waals surface area contributed by atoms with Gasteiger partial charge in [0.15, 0.2) is 23.0 Å². The zero-order valence-electron chi connectivity index (χ0n) is 25.3. The van der Waals surface area contributed by atoms with E-state index in [1.54, 1.807) is 26.4 Å². The molecule has 0 fully saturated rings. The first-order chi connectivity index (χ1) is 22.0. The van der Waals surface area contributed by atoms with E-state index in [0.29, 0.717) is 17.1 Å². The fourth-order valence-electron chi connectivity index (χ4n) is 5.91. The van der Waals surface area contributed by atoms with Crippen LogP contribution in [0.4, 0.5) is 17.1 Å². The molecule has 0 N–H and O–H groups in total. The lowest BCUT2D eigenvalue weighted by Gasteiger charge is -2.33. The van der Waals surface area contributed by atoms with E-state index in [1.165, 1.54) is 7.11 Å². The first kappa shape index (κ1) is 28.0. The minimum Gasteiger partial charge on any atom is -0.493 e. The van der Waals surface area contributed by atoms with E-state index < -0.39 is 0 Å². The molecule has 7 heteroatoms. The van der Waals surface area contributed by atoms with Crippen LogP contribution < -0.4 is 19.1 Å². The van der Waals surface area contributed by atoms with Gasteiger partial charge in [-0.3, -0.25) is 0 Å². The molecule has 45 heavy (non-hydrogen) atoms. The summed E-state index contributed by atoms with van der Waals surface area (Å²) < 4.78 is 22.5. The van der Waals surface area contributed by atoms with Gasteiger partial charge in [0.2, 0.25) is 0 Å². The van der Waals surface area contributed by atoms with Crippen LogP contribution in [-0.4, -0.2) is 32.3 Å². The van der Waals surface area contributed by atoms with Crippen molar-refractivity contribution in [1.29, 1.82) is 0 Å². The normalized spacial score (nSPS) is 11.8. The molecule has 5 aromatic carbocycles. The predicted molar refractivity (Wildman–Crippen MR) is 177 cm³/mol. The summed E-state index contributed by atoms with van der Waals surface area (Å²) in [5.41, 5.74) is 8.68. The Morgan fingerprint density at radius 3 is 1.98 bits per heavy atom. The number of aromatic nitrogens is 1. The maximum atomic E-state index is 12.2. The number of hydrogen-bond donors (Lipinski definition) is 0. The number of anilines is 3. The van der Waals surface area contributed by atoms with Crippen molar-refractivity contribution < 1.29 is 23.7 Å². The van der Waals surface area contributed by atoms with Gasteiger partial charge in [-0.15, -0.1) is 0 Å². The first-order valence-corrected chi connectivity index (χ1v) is 14.5. The first-order valence-electron chi connectivity index (χ1n) is 14.5. The van der Waals surface area contributed by atoms with Crippen LogP contribution in [0.1, 0.15) is 15.9 Å². The maximum absolute atomic E-state index is 12.2. The van der Waals surface area contributed by atoms with Crippen molar-refractivity contribution in [1.82, 2.24) is 4.98 Å². The second kappa shape index (κ2) is 11.4. The number of methoxy groups -OCH3 is 3. The van der Waals surface area contributed by atoms with E-state index in [1.807, 2.05) is 66.7 Å². The summed E-state index contributed by atoms with van der Waals surface area (Å²) in [4.78, 5) is 19.7. The molecule has 1 aliphatic heterocycles. The van der Waals surface area contributed by atoms with Gasteiger partial charge in [0.05, 0.1) is 55.2 Å². The number of nitrogens with zero attached hydrogens (tertiary/aromatic N) is 2. The molecule has 0 bridgehead atoms. The van der Waals surface area contributed by atoms with Gasteiger partial charge in [0.1, 0.15) is 0 Å². The van der Waals surface area contributed by atoms with Gasteiger partial charge in [-0.1, -0.05) is 48.5 Å². The molecular formula is C38H30N2O5. The third-order valence-corrected chi connectivity index (χ3v) is 8.12. The van der Waals surface area contributed by atoms with Gasteiger partial charge in [0.25, 0.3) is 0 Å². The third kappa shape index (κ3) is 4.79. The summed E-state index contributed by atoms with van der Waals surface area (Å²) in [7, 11) is 4.64. The second-order valence-corrected chi connectivity index (χ2v) is 10.7. The molecule has 222 valence electrons. The number of para-hydroxylation sites is 4. The summed E-state index contributed by atoms with van der Waals surface area (Å²) in [5, 5.41) is 1.01. The van der Waals surface area contributed by atoms with E-state index in [0.717, 1.165) is 67.4 Å². The van der Waals surface area contributed by atoms with Gasteiger partial charge in [-0.25, -0.2) is 9.78 Å². The average Bonchev–Trinajstić information content (AvgIpc) is 3.10. The number of aryl methyl sites for hydroxylation is 1. The van der Waals surface area contributed by atoms with Gasteiger partial charge >= 0.3 is 5.97 Å². The van der Waals surface area contributed by atoms with Crippen molar-refractivity contribution in [3.63, 3.8) is 0 Å². The van der Waals surface area contributed by atoms with Crippen LogP contribution in [0.3, 0.4) is 0 Å². The second-order valence-electron chi connectivity index (χ2n) is 10.7. The van der Waals surface area contributed by atoms with Gasteiger partial charge in [-0.2, -0.15) is 0 Å². The number of hydrogen-bond acceptors (Lipinski definition) is 7. The fraction of sp³-hybridized carbons (Fsp3) is 0.105. The topological polar surface area (TPSA) is 70.1 Å². The summed E-state index contributed by atoms with van der Waals surface area (Å²) in [6.07, 6.45) is 0. The van der Waals surface area contributed by atoms with E-state index in [2.05, 4.69) is 42.2 Å². The lowest BCUT2D eigenvalue weighted by molar-refractivity contribution is 0.0600. The van der Waals surface area contributed by atoms with Crippen LogP contribution in [0.2, 0.25) is 0 Å². The molecule has 1 aliphatic rings. The Morgan fingerprint density at radius 1 is 0.689 bits per heavy atom. The molecule has 0 unspecified atom stereocenters. The molecule has 2 heterocycles.